The van der Waals surface area contributed by atoms with E-state index in [2.05, 4.69) is 10.6 Å². The molecular formula is C20H28N4O7. The van der Waals surface area contributed by atoms with Gasteiger partial charge in [-0.15, -0.1) is 0 Å². The lowest BCUT2D eigenvalue weighted by atomic mass is 10.0. The van der Waals surface area contributed by atoms with Crippen LogP contribution in [0.25, 0.3) is 0 Å². The number of benzene rings is 1. The number of carboxylic acids is 1. The Labute approximate surface area is 179 Å². The third-order valence-corrected chi connectivity index (χ3v) is 5.09. The van der Waals surface area contributed by atoms with Crippen molar-refractivity contribution in [2.75, 3.05) is 13.2 Å². The molecule has 31 heavy (non-hydrogen) atoms. The maximum Gasteiger partial charge on any atom is 0.325 e. The Balaban J connectivity index is 1.99. The number of aliphatic hydroxyl groups excluding tert-OH is 1. The maximum absolute atomic E-state index is 12.8. The Morgan fingerprint density at radius 2 is 1.84 bits per heavy atom. The lowest BCUT2D eigenvalue weighted by Gasteiger charge is -2.28. The van der Waals surface area contributed by atoms with Crippen molar-refractivity contribution in [2.45, 2.75) is 50.4 Å². The van der Waals surface area contributed by atoms with Crippen LogP contribution in [0.4, 0.5) is 0 Å². The minimum atomic E-state index is -1.35. The molecule has 1 aromatic carbocycles. The first-order chi connectivity index (χ1) is 14.6. The molecule has 4 atom stereocenters. The first-order valence-electron chi connectivity index (χ1n) is 9.92. The zero-order valence-electron chi connectivity index (χ0n) is 17.2. The second-order valence-corrected chi connectivity index (χ2v) is 7.48. The number of carbonyl (C=O) groups is 4. The molecule has 170 valence electrons. The summed E-state index contributed by atoms with van der Waals surface area (Å²) in [5.41, 5.74) is 6.80. The average Bonchev–Trinajstić information content (AvgIpc) is 3.22. The van der Waals surface area contributed by atoms with Gasteiger partial charge in [0.25, 0.3) is 0 Å². The van der Waals surface area contributed by atoms with E-state index >= 15 is 0 Å². The molecule has 0 bridgehead atoms. The molecule has 1 aliphatic heterocycles. The molecule has 1 heterocycles. The summed E-state index contributed by atoms with van der Waals surface area (Å²) in [6.45, 7) is 0.848. The van der Waals surface area contributed by atoms with Gasteiger partial charge in [-0.05, 0) is 43.9 Å². The summed E-state index contributed by atoms with van der Waals surface area (Å²) in [6.07, 6.45) is 1.16. The number of carbonyl (C=O) groups excluding carboxylic acids is 3. The van der Waals surface area contributed by atoms with E-state index in [0.717, 1.165) is 5.56 Å². The summed E-state index contributed by atoms with van der Waals surface area (Å²) < 4.78 is 0. The molecule has 1 aromatic rings. The first-order valence-corrected chi connectivity index (χ1v) is 9.92. The number of phenolic OH excluding ortho intramolecular Hbond substituents is 1. The lowest BCUT2D eigenvalue weighted by Crippen LogP contribution is -2.57. The third kappa shape index (κ3) is 6.40. The normalized spacial score (nSPS) is 18.7. The standard InChI is InChI=1S/C20H28N4O7/c1-11(20(30)31)22-17(27)15(10-25)23-18(28)16-3-2-8-24(16)19(29)14(21)9-12-4-6-13(26)7-5-12/h4-7,11,14-16,25-26H,2-3,8-10,21H2,1H3,(H,22,27)(H,23,28)(H,30,31). The van der Waals surface area contributed by atoms with E-state index < -0.39 is 54.5 Å². The molecule has 1 fully saturated rings. The first kappa shape index (κ1) is 24.1. The fourth-order valence-electron chi connectivity index (χ4n) is 3.33. The molecule has 0 saturated carbocycles. The molecular weight excluding hydrogens is 408 g/mol. The van der Waals surface area contributed by atoms with Gasteiger partial charge in [-0.25, -0.2) is 0 Å². The SMILES string of the molecule is CC(NC(=O)C(CO)NC(=O)C1CCCN1C(=O)C(N)Cc1ccc(O)cc1)C(=O)O. The van der Waals surface area contributed by atoms with Gasteiger partial charge in [-0.2, -0.15) is 0 Å². The predicted octanol–water partition coefficient (Wildman–Crippen LogP) is -1.68. The van der Waals surface area contributed by atoms with E-state index in [4.69, 9.17) is 10.8 Å². The van der Waals surface area contributed by atoms with Crippen molar-refractivity contribution in [3.63, 3.8) is 0 Å². The van der Waals surface area contributed by atoms with Gasteiger partial charge in [0, 0.05) is 6.54 Å². The molecule has 0 radical (unpaired) electrons. The van der Waals surface area contributed by atoms with Crippen LogP contribution in [-0.2, 0) is 25.6 Å². The van der Waals surface area contributed by atoms with E-state index in [0.29, 0.717) is 19.4 Å². The molecule has 7 N–H and O–H groups in total. The van der Waals surface area contributed by atoms with Crippen LogP contribution < -0.4 is 16.4 Å². The minimum absolute atomic E-state index is 0.0974. The Morgan fingerprint density at radius 1 is 1.19 bits per heavy atom. The topological polar surface area (TPSA) is 182 Å². The van der Waals surface area contributed by atoms with Gasteiger partial charge in [-0.1, -0.05) is 12.1 Å². The summed E-state index contributed by atoms with van der Waals surface area (Å²) in [6, 6.07) is 1.99. The number of nitrogens with one attached hydrogen (secondary N) is 2. The van der Waals surface area contributed by atoms with Crippen LogP contribution in [-0.4, -0.2) is 81.2 Å². The summed E-state index contributed by atoms with van der Waals surface area (Å²) in [5.74, 6) is -3.05. The quantitative estimate of drug-likeness (QED) is 0.265. The lowest BCUT2D eigenvalue weighted by molar-refractivity contribution is -0.143. The number of aliphatic hydroxyl groups is 1. The number of amides is 3. The van der Waals surface area contributed by atoms with Crippen molar-refractivity contribution in [2.24, 2.45) is 5.73 Å². The Morgan fingerprint density at radius 3 is 2.42 bits per heavy atom. The molecule has 0 aliphatic carbocycles. The van der Waals surface area contributed by atoms with E-state index in [1.54, 1.807) is 12.1 Å². The summed E-state index contributed by atoms with van der Waals surface area (Å²) in [4.78, 5) is 49.9. The molecule has 11 heteroatoms. The fourth-order valence-corrected chi connectivity index (χ4v) is 3.33. The number of likely N-dealkylation sites (tertiary alicyclic amines) is 1. The van der Waals surface area contributed by atoms with Crippen molar-refractivity contribution < 1.29 is 34.5 Å². The zero-order valence-corrected chi connectivity index (χ0v) is 17.2. The number of aromatic hydroxyl groups is 1. The largest absolute Gasteiger partial charge is 0.508 e. The van der Waals surface area contributed by atoms with Crippen LogP contribution >= 0.6 is 0 Å². The van der Waals surface area contributed by atoms with E-state index in [1.807, 2.05) is 0 Å². The molecule has 2 rings (SSSR count). The van der Waals surface area contributed by atoms with Crippen molar-refractivity contribution in [3.05, 3.63) is 29.8 Å². The molecule has 1 saturated heterocycles. The van der Waals surface area contributed by atoms with Crippen molar-refractivity contribution in [3.8, 4) is 5.75 Å². The minimum Gasteiger partial charge on any atom is -0.508 e. The van der Waals surface area contributed by atoms with Gasteiger partial charge in [0.2, 0.25) is 17.7 Å². The summed E-state index contributed by atoms with van der Waals surface area (Å²) in [7, 11) is 0. The van der Waals surface area contributed by atoms with E-state index in [1.165, 1.54) is 24.0 Å². The predicted molar refractivity (Wildman–Crippen MR) is 109 cm³/mol. The highest BCUT2D eigenvalue weighted by atomic mass is 16.4. The van der Waals surface area contributed by atoms with Gasteiger partial charge in [0.15, 0.2) is 0 Å². The fraction of sp³-hybridized carbons (Fsp3) is 0.500. The molecule has 3 amide bonds. The zero-order chi connectivity index (χ0) is 23.1. The number of hydrogen-bond donors (Lipinski definition) is 6. The second kappa shape index (κ2) is 10.7. The summed E-state index contributed by atoms with van der Waals surface area (Å²) in [5, 5.41) is 32.2. The van der Waals surface area contributed by atoms with Gasteiger partial charge in [0.05, 0.1) is 12.6 Å². The number of aliphatic carboxylic acids is 1. The van der Waals surface area contributed by atoms with E-state index in [9.17, 15) is 29.4 Å². The molecule has 0 spiro atoms. The number of hydrogen-bond acceptors (Lipinski definition) is 7. The van der Waals surface area contributed by atoms with Crippen LogP contribution in [0.15, 0.2) is 24.3 Å². The number of phenols is 1. The average molecular weight is 436 g/mol. The van der Waals surface area contributed by atoms with E-state index in [-0.39, 0.29) is 12.2 Å². The Kier molecular flexibility index (Phi) is 8.34. The molecule has 0 aromatic heterocycles. The highest BCUT2D eigenvalue weighted by Crippen LogP contribution is 2.20. The number of rotatable bonds is 9. The summed E-state index contributed by atoms with van der Waals surface area (Å²) >= 11 is 0. The van der Waals surface area contributed by atoms with Gasteiger partial charge >= 0.3 is 5.97 Å². The number of nitrogens with zero attached hydrogens (tertiary/aromatic N) is 1. The smallest absolute Gasteiger partial charge is 0.325 e. The van der Waals surface area contributed by atoms with Gasteiger partial charge in [0.1, 0.15) is 23.9 Å². The molecule has 4 unspecified atom stereocenters. The van der Waals surface area contributed by atoms with Crippen molar-refractivity contribution in [1.82, 2.24) is 15.5 Å². The maximum atomic E-state index is 12.8. The Bertz CT molecular complexity index is 814. The second-order valence-electron chi connectivity index (χ2n) is 7.48. The number of carboxylic acid groups (broad SMARTS) is 1. The van der Waals surface area contributed by atoms with Gasteiger partial charge < -0.3 is 36.6 Å². The van der Waals surface area contributed by atoms with Crippen LogP contribution in [0.2, 0.25) is 0 Å². The van der Waals surface area contributed by atoms with Crippen LogP contribution in [0.3, 0.4) is 0 Å². The van der Waals surface area contributed by atoms with Crippen LogP contribution in [0, 0.1) is 0 Å². The van der Waals surface area contributed by atoms with Crippen LogP contribution in [0.1, 0.15) is 25.3 Å². The third-order valence-electron chi connectivity index (χ3n) is 5.09. The Hall–Kier alpha value is -3.18. The molecule has 1 aliphatic rings. The number of nitrogens with two attached hydrogens (primary N) is 1. The van der Waals surface area contributed by atoms with Crippen molar-refractivity contribution in [1.29, 1.82) is 0 Å². The van der Waals surface area contributed by atoms with Crippen molar-refractivity contribution >= 4 is 23.7 Å². The highest BCUT2D eigenvalue weighted by Gasteiger charge is 2.37. The van der Waals surface area contributed by atoms with Crippen LogP contribution in [0.5, 0.6) is 5.75 Å². The highest BCUT2D eigenvalue weighted by molar-refractivity contribution is 5.94. The molecule has 11 nitrogen and oxygen atoms in total. The van der Waals surface area contributed by atoms with Gasteiger partial charge in [-0.3, -0.25) is 19.2 Å². The monoisotopic (exact) mass is 436 g/mol.